The first kappa shape index (κ1) is 4.03. The maximum atomic E-state index is 11.1. The Morgan fingerprint density at radius 1 is 1.33 bits per heavy atom. The third-order valence-corrected chi connectivity index (χ3v) is 0.886. The standard InChI is InChI=1S/C4H5F2/c5-4(6)3-1-2-3/h3H,1-2H2. The molecule has 0 atom stereocenters. The van der Waals surface area contributed by atoms with Crippen molar-refractivity contribution in [3.8, 4) is 0 Å². The van der Waals surface area contributed by atoms with E-state index in [1.165, 1.54) is 0 Å². The summed E-state index contributed by atoms with van der Waals surface area (Å²) in [6, 6.07) is 0. The van der Waals surface area contributed by atoms with Crippen LogP contribution < -0.4 is 0 Å². The van der Waals surface area contributed by atoms with Crippen molar-refractivity contribution in [2.45, 2.75) is 12.8 Å². The molecule has 0 aromatic carbocycles. The highest BCUT2D eigenvalue weighted by Gasteiger charge is 2.32. The highest BCUT2D eigenvalue weighted by atomic mass is 19.3. The van der Waals surface area contributed by atoms with Gasteiger partial charge in [-0.15, -0.1) is 0 Å². The molecule has 0 saturated heterocycles. The first-order valence-corrected chi connectivity index (χ1v) is 1.98. The maximum Gasteiger partial charge on any atom is 0.313 e. The lowest BCUT2D eigenvalue weighted by molar-refractivity contribution is 0.257. The Kier molecular flexibility index (Phi) is 0.787. The monoisotopic (exact) mass is 91.0 g/mol. The third kappa shape index (κ3) is 0.671. The van der Waals surface area contributed by atoms with Crippen molar-refractivity contribution < 1.29 is 8.78 Å². The van der Waals surface area contributed by atoms with E-state index in [2.05, 4.69) is 0 Å². The molecule has 1 aliphatic carbocycles. The topological polar surface area (TPSA) is 0 Å². The number of halogens is 2. The van der Waals surface area contributed by atoms with E-state index in [1.54, 1.807) is 0 Å². The first-order chi connectivity index (χ1) is 2.80. The van der Waals surface area contributed by atoms with E-state index >= 15 is 0 Å². The summed E-state index contributed by atoms with van der Waals surface area (Å²) >= 11 is 0. The Morgan fingerprint density at radius 2 is 1.83 bits per heavy atom. The van der Waals surface area contributed by atoms with Crippen LogP contribution in [-0.4, -0.2) is 0 Å². The van der Waals surface area contributed by atoms with Gasteiger partial charge < -0.3 is 0 Å². The lowest BCUT2D eigenvalue weighted by atomic mass is 10.5. The largest absolute Gasteiger partial charge is 0.313 e. The average molecular weight is 91.1 g/mol. The minimum absolute atomic E-state index is 0.315. The van der Waals surface area contributed by atoms with E-state index < -0.39 is 6.43 Å². The van der Waals surface area contributed by atoms with Crippen LogP contribution in [0.15, 0.2) is 0 Å². The molecule has 0 aromatic heterocycles. The highest BCUT2D eigenvalue weighted by Crippen LogP contribution is 2.39. The normalized spacial score (nSPS) is 22.5. The molecule has 0 heterocycles. The zero-order chi connectivity index (χ0) is 4.57. The summed E-state index contributed by atoms with van der Waals surface area (Å²) in [5.74, 6) is -0.315. The molecule has 1 aliphatic rings. The fourth-order valence-electron chi connectivity index (χ4n) is 0.302. The van der Waals surface area contributed by atoms with Gasteiger partial charge in [-0.25, -0.2) is 0 Å². The fraction of sp³-hybridized carbons (Fsp3) is 0.750. The molecule has 0 amide bonds. The van der Waals surface area contributed by atoms with Crippen LogP contribution in [0.1, 0.15) is 12.8 Å². The van der Waals surface area contributed by atoms with Crippen molar-refractivity contribution in [2.75, 3.05) is 0 Å². The van der Waals surface area contributed by atoms with Crippen LogP contribution in [0.3, 0.4) is 0 Å². The Morgan fingerprint density at radius 3 is 1.83 bits per heavy atom. The molecule has 1 radical (unpaired) electrons. The Hall–Kier alpha value is -0.140. The molecule has 1 rings (SSSR count). The molecule has 1 saturated carbocycles. The maximum absolute atomic E-state index is 11.1. The van der Waals surface area contributed by atoms with Crippen molar-refractivity contribution in [1.82, 2.24) is 0 Å². The zero-order valence-electron chi connectivity index (χ0n) is 3.25. The Labute approximate surface area is 35.2 Å². The van der Waals surface area contributed by atoms with E-state index in [9.17, 15) is 8.78 Å². The van der Waals surface area contributed by atoms with Gasteiger partial charge in [0.15, 0.2) is 0 Å². The van der Waals surface area contributed by atoms with Gasteiger partial charge in [0.1, 0.15) is 0 Å². The van der Waals surface area contributed by atoms with Gasteiger partial charge >= 0.3 is 6.43 Å². The van der Waals surface area contributed by atoms with Crippen molar-refractivity contribution >= 4 is 0 Å². The molecular formula is C4H5F2. The van der Waals surface area contributed by atoms with Gasteiger partial charge in [-0.1, -0.05) is 0 Å². The predicted octanol–water partition coefficient (Wildman–Crippen LogP) is 1.82. The van der Waals surface area contributed by atoms with E-state index in [0.717, 1.165) is 0 Å². The Bertz CT molecular complexity index is 47.5. The van der Waals surface area contributed by atoms with Crippen LogP contribution in [0.2, 0.25) is 0 Å². The van der Waals surface area contributed by atoms with E-state index in [4.69, 9.17) is 0 Å². The Balaban J connectivity index is 2.13. The predicted molar refractivity (Wildman–Crippen MR) is 18.2 cm³/mol. The van der Waals surface area contributed by atoms with Crippen LogP contribution in [0, 0.1) is 12.3 Å². The molecule has 1 fully saturated rings. The lowest BCUT2D eigenvalue weighted by Gasteiger charge is -1.81. The molecule has 0 spiro atoms. The van der Waals surface area contributed by atoms with Gasteiger partial charge in [0.25, 0.3) is 0 Å². The van der Waals surface area contributed by atoms with E-state index in [1.807, 2.05) is 0 Å². The first-order valence-electron chi connectivity index (χ1n) is 1.98. The molecule has 2 heteroatoms. The summed E-state index contributed by atoms with van der Waals surface area (Å²) in [6.45, 7) is 0. The second-order valence-electron chi connectivity index (χ2n) is 1.56. The van der Waals surface area contributed by atoms with Crippen LogP contribution in [0.4, 0.5) is 8.78 Å². The number of rotatable bonds is 1. The van der Waals surface area contributed by atoms with Gasteiger partial charge in [0.2, 0.25) is 0 Å². The SMILES string of the molecule is F[C](F)C1CC1. The van der Waals surface area contributed by atoms with Gasteiger partial charge in [-0.05, 0) is 12.8 Å². The molecule has 0 N–H and O–H groups in total. The molecule has 6 heavy (non-hydrogen) atoms. The summed E-state index contributed by atoms with van der Waals surface area (Å²) in [5.41, 5.74) is 0. The molecule has 0 nitrogen and oxygen atoms in total. The summed E-state index contributed by atoms with van der Waals surface area (Å²) in [5, 5.41) is 0. The lowest BCUT2D eigenvalue weighted by Crippen LogP contribution is -1.76. The van der Waals surface area contributed by atoms with E-state index in [-0.39, 0.29) is 5.92 Å². The summed E-state index contributed by atoms with van der Waals surface area (Å²) < 4.78 is 22.3. The molecule has 0 bridgehead atoms. The van der Waals surface area contributed by atoms with Gasteiger partial charge in [0.05, 0.1) is 0 Å². The van der Waals surface area contributed by atoms with Crippen LogP contribution in [0.5, 0.6) is 0 Å². The van der Waals surface area contributed by atoms with Gasteiger partial charge in [0, 0.05) is 5.92 Å². The van der Waals surface area contributed by atoms with Gasteiger partial charge in [-0.3, -0.25) is 0 Å². The minimum atomic E-state index is -1.38. The molecule has 0 unspecified atom stereocenters. The van der Waals surface area contributed by atoms with Gasteiger partial charge in [-0.2, -0.15) is 8.78 Å². The second kappa shape index (κ2) is 1.17. The van der Waals surface area contributed by atoms with Crippen molar-refractivity contribution in [2.24, 2.45) is 5.92 Å². The second-order valence-corrected chi connectivity index (χ2v) is 1.56. The molecule has 0 aliphatic heterocycles. The fourth-order valence-corrected chi connectivity index (χ4v) is 0.302. The summed E-state index contributed by atoms with van der Waals surface area (Å²) in [7, 11) is 0. The van der Waals surface area contributed by atoms with Crippen LogP contribution in [0.25, 0.3) is 0 Å². The van der Waals surface area contributed by atoms with Crippen molar-refractivity contribution in [3.05, 3.63) is 6.43 Å². The summed E-state index contributed by atoms with van der Waals surface area (Å²) in [6.07, 6.45) is 0.0417. The molecule has 0 aromatic rings. The number of hydrogen-bond donors (Lipinski definition) is 0. The molecule has 35 valence electrons. The third-order valence-electron chi connectivity index (χ3n) is 0.886. The summed E-state index contributed by atoms with van der Waals surface area (Å²) in [4.78, 5) is 0. The molecular weight excluding hydrogens is 86.0 g/mol. The minimum Gasteiger partial charge on any atom is -0.200 e. The average Bonchev–Trinajstić information content (AvgIpc) is 2.06. The van der Waals surface area contributed by atoms with Crippen molar-refractivity contribution in [1.29, 1.82) is 0 Å². The highest BCUT2D eigenvalue weighted by molar-refractivity contribution is 4.85. The van der Waals surface area contributed by atoms with Crippen LogP contribution >= 0.6 is 0 Å². The zero-order valence-corrected chi connectivity index (χ0v) is 3.25. The smallest absolute Gasteiger partial charge is 0.200 e. The van der Waals surface area contributed by atoms with Crippen LogP contribution in [-0.2, 0) is 0 Å². The van der Waals surface area contributed by atoms with Crippen molar-refractivity contribution in [3.63, 3.8) is 0 Å². The van der Waals surface area contributed by atoms with E-state index in [0.29, 0.717) is 12.8 Å². The quantitative estimate of drug-likeness (QED) is 0.461. The number of hydrogen-bond acceptors (Lipinski definition) is 0.